The van der Waals surface area contributed by atoms with Crippen LogP contribution in [0.1, 0.15) is 22.3 Å². The molecule has 0 atom stereocenters. The number of rotatable bonds is 7. The first-order valence-corrected chi connectivity index (χ1v) is 14.4. The van der Waals surface area contributed by atoms with Crippen LogP contribution < -0.4 is 10.1 Å². The number of anilines is 1. The van der Waals surface area contributed by atoms with Crippen molar-refractivity contribution in [3.05, 3.63) is 94.7 Å². The van der Waals surface area contributed by atoms with Crippen LogP contribution in [0.2, 0.25) is 10.0 Å². The summed E-state index contributed by atoms with van der Waals surface area (Å²) in [7, 11) is 0. The molecule has 1 saturated heterocycles. The average Bonchev–Trinajstić information content (AvgIpc) is 3.08. The molecule has 4 rings (SSSR count). The summed E-state index contributed by atoms with van der Waals surface area (Å²) in [5.74, 6) is -0.432. The minimum Gasteiger partial charge on any atom is -0.486 e. The molecule has 0 bridgehead atoms. The van der Waals surface area contributed by atoms with E-state index in [1.54, 1.807) is 42.5 Å². The van der Waals surface area contributed by atoms with Crippen molar-refractivity contribution in [1.29, 1.82) is 0 Å². The van der Waals surface area contributed by atoms with Crippen LogP contribution in [0, 0.1) is 13.8 Å². The lowest BCUT2D eigenvalue weighted by atomic mass is 10.1. The standard InChI is InChI=1S/C27H20Br2Cl2N2O4S/c1-14-3-6-22(15(2)7-14)32-24(34)12-33-26(35)23(38-27(33)36)10-16-8-19(28)25(20(29)9-16)37-13-17-4-5-18(30)11-21(17)31/h3-11H,12-13H2,1-2H3,(H,32,34)/b23-10+. The van der Waals surface area contributed by atoms with E-state index in [0.717, 1.165) is 33.4 Å². The minimum atomic E-state index is -0.527. The summed E-state index contributed by atoms with van der Waals surface area (Å²) >= 11 is 20.0. The topological polar surface area (TPSA) is 75.7 Å². The number of ether oxygens (including phenoxy) is 1. The number of nitrogens with zero attached hydrogens (tertiary/aromatic N) is 1. The fraction of sp³-hybridized carbons (Fsp3) is 0.148. The maximum atomic E-state index is 12.9. The van der Waals surface area contributed by atoms with Crippen molar-refractivity contribution < 1.29 is 19.1 Å². The van der Waals surface area contributed by atoms with E-state index >= 15 is 0 Å². The maximum Gasteiger partial charge on any atom is 0.294 e. The fourth-order valence-corrected chi connectivity index (χ4v) is 6.42. The highest BCUT2D eigenvalue weighted by Crippen LogP contribution is 2.38. The Morgan fingerprint density at radius 3 is 2.42 bits per heavy atom. The van der Waals surface area contributed by atoms with Crippen LogP contribution in [-0.4, -0.2) is 28.5 Å². The number of thioether (sulfide) groups is 1. The normalized spacial score (nSPS) is 14.4. The van der Waals surface area contributed by atoms with E-state index in [1.165, 1.54) is 0 Å². The third-order valence-corrected chi connectivity index (χ3v) is 8.21. The van der Waals surface area contributed by atoms with Gasteiger partial charge in [0.05, 0.1) is 13.9 Å². The van der Waals surface area contributed by atoms with Crippen LogP contribution in [-0.2, 0) is 16.2 Å². The molecule has 1 fully saturated rings. The second kappa shape index (κ2) is 12.3. The first kappa shape index (κ1) is 28.7. The molecule has 1 N–H and O–H groups in total. The first-order valence-electron chi connectivity index (χ1n) is 11.2. The van der Waals surface area contributed by atoms with E-state index in [4.69, 9.17) is 27.9 Å². The number of nitrogens with one attached hydrogen (secondary N) is 1. The van der Waals surface area contributed by atoms with E-state index in [2.05, 4.69) is 37.2 Å². The van der Waals surface area contributed by atoms with Crippen molar-refractivity contribution >= 4 is 95.6 Å². The van der Waals surface area contributed by atoms with Crippen LogP contribution in [0.4, 0.5) is 10.5 Å². The fourth-order valence-electron chi connectivity index (χ4n) is 3.66. The third kappa shape index (κ3) is 6.82. The largest absolute Gasteiger partial charge is 0.486 e. The van der Waals surface area contributed by atoms with Gasteiger partial charge in [0, 0.05) is 21.3 Å². The highest BCUT2D eigenvalue weighted by atomic mass is 79.9. The lowest BCUT2D eigenvalue weighted by Crippen LogP contribution is -2.36. The molecule has 3 aromatic rings. The molecule has 1 heterocycles. The predicted molar refractivity (Wildman–Crippen MR) is 160 cm³/mol. The second-order valence-corrected chi connectivity index (χ2v) is 12.0. The number of hydrogen-bond donors (Lipinski definition) is 1. The number of imide groups is 1. The molecule has 1 aliphatic heterocycles. The second-order valence-electron chi connectivity index (χ2n) is 8.47. The molecule has 1 aliphatic rings. The summed E-state index contributed by atoms with van der Waals surface area (Å²) in [6.07, 6.45) is 1.60. The van der Waals surface area contributed by atoms with Gasteiger partial charge in [0.15, 0.2) is 0 Å². The number of aryl methyl sites for hydroxylation is 2. The molecule has 3 amide bonds. The molecule has 196 valence electrons. The van der Waals surface area contributed by atoms with Crippen LogP contribution >= 0.6 is 66.8 Å². The van der Waals surface area contributed by atoms with Crippen molar-refractivity contribution in [3.8, 4) is 5.75 Å². The molecule has 0 spiro atoms. The van der Waals surface area contributed by atoms with Gasteiger partial charge in [-0.25, -0.2) is 0 Å². The van der Waals surface area contributed by atoms with Gasteiger partial charge in [-0.05, 0) is 105 Å². The quantitative estimate of drug-likeness (QED) is 0.251. The summed E-state index contributed by atoms with van der Waals surface area (Å²) in [6.45, 7) is 3.68. The molecule has 3 aromatic carbocycles. The number of carbonyl (C=O) groups excluding carboxylic acids is 3. The Hall–Kier alpha value is -2.30. The summed E-state index contributed by atoms with van der Waals surface area (Å²) in [5.41, 5.74) is 4.03. The van der Waals surface area contributed by atoms with E-state index in [0.29, 0.717) is 36.0 Å². The first-order chi connectivity index (χ1) is 18.0. The number of hydrogen-bond acceptors (Lipinski definition) is 5. The summed E-state index contributed by atoms with van der Waals surface area (Å²) in [5, 5.41) is 3.30. The van der Waals surface area contributed by atoms with Gasteiger partial charge < -0.3 is 10.1 Å². The molecule has 38 heavy (non-hydrogen) atoms. The Morgan fingerprint density at radius 1 is 1.05 bits per heavy atom. The van der Waals surface area contributed by atoms with Crippen molar-refractivity contribution in [2.45, 2.75) is 20.5 Å². The molecular formula is C27H20Br2Cl2N2O4S. The van der Waals surface area contributed by atoms with E-state index in [-0.39, 0.29) is 18.1 Å². The Morgan fingerprint density at radius 2 is 1.76 bits per heavy atom. The Labute approximate surface area is 251 Å². The Bertz CT molecular complexity index is 1470. The smallest absolute Gasteiger partial charge is 0.294 e. The molecule has 0 unspecified atom stereocenters. The van der Waals surface area contributed by atoms with Crippen LogP contribution in [0.3, 0.4) is 0 Å². The van der Waals surface area contributed by atoms with Gasteiger partial charge in [0.2, 0.25) is 5.91 Å². The van der Waals surface area contributed by atoms with Crippen LogP contribution in [0.5, 0.6) is 5.75 Å². The van der Waals surface area contributed by atoms with E-state index < -0.39 is 17.1 Å². The SMILES string of the molecule is Cc1ccc(NC(=O)CN2C(=O)S/C(=C/c3cc(Br)c(OCc4ccc(Cl)cc4Cl)c(Br)c3)C2=O)c(C)c1. The minimum absolute atomic E-state index is 0.217. The molecule has 0 aromatic heterocycles. The third-order valence-electron chi connectivity index (χ3n) is 5.54. The molecule has 0 aliphatic carbocycles. The van der Waals surface area contributed by atoms with Gasteiger partial charge in [-0.15, -0.1) is 0 Å². The Balaban J connectivity index is 1.44. The lowest BCUT2D eigenvalue weighted by Gasteiger charge is -2.14. The maximum absolute atomic E-state index is 12.9. The van der Waals surface area contributed by atoms with Gasteiger partial charge in [-0.3, -0.25) is 19.3 Å². The van der Waals surface area contributed by atoms with Crippen LogP contribution in [0.15, 0.2) is 62.4 Å². The summed E-state index contributed by atoms with van der Waals surface area (Å²) in [6, 6.07) is 14.3. The van der Waals surface area contributed by atoms with Crippen molar-refractivity contribution in [2.75, 3.05) is 11.9 Å². The molecule has 0 radical (unpaired) electrons. The Kier molecular flexibility index (Phi) is 9.26. The number of halogens is 4. The summed E-state index contributed by atoms with van der Waals surface area (Å²) in [4.78, 5) is 39.2. The number of benzene rings is 3. The zero-order chi connectivity index (χ0) is 27.6. The van der Waals surface area contributed by atoms with Crippen molar-refractivity contribution in [1.82, 2.24) is 4.90 Å². The number of amides is 3. The van der Waals surface area contributed by atoms with Gasteiger partial charge >= 0.3 is 0 Å². The van der Waals surface area contributed by atoms with Gasteiger partial charge in [0.1, 0.15) is 18.9 Å². The highest BCUT2D eigenvalue weighted by molar-refractivity contribution is 9.11. The number of carbonyl (C=O) groups is 3. The molecule has 6 nitrogen and oxygen atoms in total. The monoisotopic (exact) mass is 696 g/mol. The molecule has 11 heteroatoms. The van der Waals surface area contributed by atoms with Gasteiger partial charge in [-0.1, -0.05) is 47.0 Å². The van der Waals surface area contributed by atoms with Crippen molar-refractivity contribution in [3.63, 3.8) is 0 Å². The summed E-state index contributed by atoms with van der Waals surface area (Å²) < 4.78 is 7.21. The lowest BCUT2D eigenvalue weighted by molar-refractivity contribution is -0.127. The van der Waals surface area contributed by atoms with Crippen LogP contribution in [0.25, 0.3) is 6.08 Å². The van der Waals surface area contributed by atoms with Gasteiger partial charge in [0.25, 0.3) is 11.1 Å². The average molecular weight is 699 g/mol. The van der Waals surface area contributed by atoms with Crippen molar-refractivity contribution in [2.24, 2.45) is 0 Å². The molecular weight excluding hydrogens is 679 g/mol. The highest BCUT2D eigenvalue weighted by Gasteiger charge is 2.36. The predicted octanol–water partition coefficient (Wildman–Crippen LogP) is 8.39. The molecule has 0 saturated carbocycles. The van der Waals surface area contributed by atoms with Gasteiger partial charge in [-0.2, -0.15) is 0 Å². The van der Waals surface area contributed by atoms with E-state index in [9.17, 15) is 14.4 Å². The zero-order valence-electron chi connectivity index (χ0n) is 20.1. The zero-order valence-corrected chi connectivity index (χ0v) is 25.6. The van der Waals surface area contributed by atoms with E-state index in [1.807, 2.05) is 26.0 Å².